The SMILES string of the molecule is Cc1nnnn1CCOC1CCCCO1. The second-order valence-corrected chi connectivity index (χ2v) is 3.62. The van der Waals surface area contributed by atoms with Gasteiger partial charge in [0.25, 0.3) is 0 Å². The van der Waals surface area contributed by atoms with Gasteiger partial charge in [0, 0.05) is 6.61 Å². The van der Waals surface area contributed by atoms with Gasteiger partial charge in [-0.05, 0) is 36.6 Å². The molecule has 1 aromatic rings. The molecule has 0 bridgehead atoms. The molecule has 0 aromatic carbocycles. The maximum Gasteiger partial charge on any atom is 0.157 e. The molecule has 1 aromatic heterocycles. The van der Waals surface area contributed by atoms with E-state index in [1.807, 2.05) is 6.92 Å². The van der Waals surface area contributed by atoms with E-state index >= 15 is 0 Å². The van der Waals surface area contributed by atoms with Gasteiger partial charge in [0.1, 0.15) is 5.82 Å². The molecular weight excluding hydrogens is 196 g/mol. The van der Waals surface area contributed by atoms with Crippen molar-refractivity contribution in [2.24, 2.45) is 0 Å². The highest BCUT2D eigenvalue weighted by atomic mass is 16.7. The molecule has 1 aliphatic heterocycles. The van der Waals surface area contributed by atoms with Crippen LogP contribution in [0.4, 0.5) is 0 Å². The van der Waals surface area contributed by atoms with Gasteiger partial charge < -0.3 is 9.47 Å². The van der Waals surface area contributed by atoms with Gasteiger partial charge in [0.15, 0.2) is 6.29 Å². The molecule has 1 unspecified atom stereocenters. The summed E-state index contributed by atoms with van der Waals surface area (Å²) in [7, 11) is 0. The topological polar surface area (TPSA) is 62.1 Å². The summed E-state index contributed by atoms with van der Waals surface area (Å²) in [6.45, 7) is 3.96. The summed E-state index contributed by atoms with van der Waals surface area (Å²) in [4.78, 5) is 0. The van der Waals surface area contributed by atoms with E-state index in [2.05, 4.69) is 15.5 Å². The van der Waals surface area contributed by atoms with Crippen molar-refractivity contribution < 1.29 is 9.47 Å². The van der Waals surface area contributed by atoms with Crippen LogP contribution in [0, 0.1) is 6.92 Å². The predicted molar refractivity (Wildman–Crippen MR) is 52.1 cm³/mol. The lowest BCUT2D eigenvalue weighted by atomic mass is 10.2. The molecule has 0 spiro atoms. The number of hydrogen-bond donors (Lipinski definition) is 0. The van der Waals surface area contributed by atoms with Gasteiger partial charge in [0.05, 0.1) is 13.2 Å². The fraction of sp³-hybridized carbons (Fsp3) is 0.889. The van der Waals surface area contributed by atoms with Crippen LogP contribution in [0.3, 0.4) is 0 Å². The van der Waals surface area contributed by atoms with Crippen molar-refractivity contribution in [3.8, 4) is 0 Å². The van der Waals surface area contributed by atoms with Crippen molar-refractivity contribution in [1.82, 2.24) is 20.2 Å². The van der Waals surface area contributed by atoms with Gasteiger partial charge in [-0.15, -0.1) is 5.10 Å². The molecule has 0 N–H and O–H groups in total. The van der Waals surface area contributed by atoms with Crippen LogP contribution in [0.2, 0.25) is 0 Å². The zero-order valence-electron chi connectivity index (χ0n) is 8.93. The van der Waals surface area contributed by atoms with Crippen LogP contribution >= 0.6 is 0 Å². The largest absolute Gasteiger partial charge is 0.353 e. The van der Waals surface area contributed by atoms with Crippen molar-refractivity contribution in [2.45, 2.75) is 39.0 Å². The standard InChI is InChI=1S/C9H16N4O2/c1-8-10-11-12-13(8)5-7-15-9-4-2-3-6-14-9/h9H,2-7H2,1H3. The summed E-state index contributed by atoms with van der Waals surface area (Å²) in [6, 6.07) is 0. The van der Waals surface area contributed by atoms with Crippen LogP contribution in [-0.2, 0) is 16.0 Å². The fourth-order valence-corrected chi connectivity index (χ4v) is 1.57. The number of aromatic nitrogens is 4. The summed E-state index contributed by atoms with van der Waals surface area (Å²) >= 11 is 0. The summed E-state index contributed by atoms with van der Waals surface area (Å²) < 4.78 is 12.7. The summed E-state index contributed by atoms with van der Waals surface area (Å²) in [5.41, 5.74) is 0. The maximum absolute atomic E-state index is 5.57. The highest BCUT2D eigenvalue weighted by molar-refractivity contribution is 4.72. The molecule has 2 heterocycles. The normalized spacial score (nSPS) is 21.8. The highest BCUT2D eigenvalue weighted by Crippen LogP contribution is 2.13. The first kappa shape index (κ1) is 10.5. The van der Waals surface area contributed by atoms with E-state index in [0.29, 0.717) is 13.2 Å². The molecule has 0 aliphatic carbocycles. The molecule has 1 saturated heterocycles. The molecule has 0 amide bonds. The zero-order valence-corrected chi connectivity index (χ0v) is 8.93. The van der Waals surface area contributed by atoms with Crippen molar-refractivity contribution in [3.05, 3.63) is 5.82 Å². The monoisotopic (exact) mass is 212 g/mol. The molecule has 0 radical (unpaired) electrons. The Balaban J connectivity index is 1.68. The molecular formula is C9H16N4O2. The number of rotatable bonds is 4. The van der Waals surface area contributed by atoms with Crippen LogP contribution in [0.5, 0.6) is 0 Å². The lowest BCUT2D eigenvalue weighted by Crippen LogP contribution is -2.24. The van der Waals surface area contributed by atoms with Gasteiger partial charge in [-0.2, -0.15) is 0 Å². The molecule has 1 fully saturated rings. The number of aryl methyl sites for hydroxylation is 1. The lowest BCUT2D eigenvalue weighted by molar-refractivity contribution is -0.163. The summed E-state index contributed by atoms with van der Waals surface area (Å²) in [5.74, 6) is 0.808. The van der Waals surface area contributed by atoms with Gasteiger partial charge in [0.2, 0.25) is 0 Å². The third-order valence-corrected chi connectivity index (χ3v) is 2.46. The average molecular weight is 212 g/mol. The van der Waals surface area contributed by atoms with Crippen LogP contribution in [0.25, 0.3) is 0 Å². The average Bonchev–Trinajstić information content (AvgIpc) is 2.66. The minimum atomic E-state index is -0.0319. The highest BCUT2D eigenvalue weighted by Gasteiger charge is 2.13. The van der Waals surface area contributed by atoms with Gasteiger partial charge in [-0.3, -0.25) is 0 Å². The molecule has 0 saturated carbocycles. The van der Waals surface area contributed by atoms with Crippen LogP contribution in [0.1, 0.15) is 25.1 Å². The molecule has 15 heavy (non-hydrogen) atoms. The first-order chi connectivity index (χ1) is 7.36. The number of ether oxygens (including phenoxy) is 2. The molecule has 2 rings (SSSR count). The Morgan fingerprint density at radius 3 is 3.13 bits per heavy atom. The number of tetrazole rings is 1. The van der Waals surface area contributed by atoms with E-state index in [1.54, 1.807) is 4.68 Å². The van der Waals surface area contributed by atoms with Crippen LogP contribution in [0.15, 0.2) is 0 Å². The van der Waals surface area contributed by atoms with Crippen LogP contribution < -0.4 is 0 Å². The first-order valence-corrected chi connectivity index (χ1v) is 5.32. The van der Waals surface area contributed by atoms with Crippen molar-refractivity contribution >= 4 is 0 Å². The molecule has 6 nitrogen and oxygen atoms in total. The minimum Gasteiger partial charge on any atom is -0.353 e. The Labute approximate surface area is 88.6 Å². The van der Waals surface area contributed by atoms with Crippen molar-refractivity contribution in [3.63, 3.8) is 0 Å². The second-order valence-electron chi connectivity index (χ2n) is 3.62. The van der Waals surface area contributed by atoms with E-state index in [-0.39, 0.29) is 6.29 Å². The first-order valence-electron chi connectivity index (χ1n) is 5.32. The Bertz CT molecular complexity index is 296. The smallest absolute Gasteiger partial charge is 0.157 e. The maximum atomic E-state index is 5.57. The van der Waals surface area contributed by atoms with Gasteiger partial charge in [-0.1, -0.05) is 0 Å². The fourth-order valence-electron chi connectivity index (χ4n) is 1.57. The third-order valence-electron chi connectivity index (χ3n) is 2.46. The summed E-state index contributed by atoms with van der Waals surface area (Å²) in [6.07, 6.45) is 3.30. The third kappa shape index (κ3) is 2.97. The number of hydrogen-bond acceptors (Lipinski definition) is 5. The molecule has 1 atom stereocenters. The summed E-state index contributed by atoms with van der Waals surface area (Å²) in [5, 5.41) is 11.2. The van der Waals surface area contributed by atoms with Gasteiger partial charge >= 0.3 is 0 Å². The van der Waals surface area contributed by atoms with E-state index in [9.17, 15) is 0 Å². The van der Waals surface area contributed by atoms with E-state index in [1.165, 1.54) is 6.42 Å². The van der Waals surface area contributed by atoms with E-state index in [0.717, 1.165) is 25.3 Å². The lowest BCUT2D eigenvalue weighted by Gasteiger charge is -2.22. The van der Waals surface area contributed by atoms with Crippen LogP contribution in [-0.4, -0.2) is 39.7 Å². The van der Waals surface area contributed by atoms with E-state index < -0.39 is 0 Å². The van der Waals surface area contributed by atoms with Gasteiger partial charge in [-0.25, -0.2) is 4.68 Å². The molecule has 6 heteroatoms. The second kappa shape index (κ2) is 5.18. The van der Waals surface area contributed by atoms with Crippen molar-refractivity contribution in [2.75, 3.05) is 13.2 Å². The minimum absolute atomic E-state index is 0.0319. The van der Waals surface area contributed by atoms with Crippen molar-refractivity contribution in [1.29, 1.82) is 0 Å². The van der Waals surface area contributed by atoms with E-state index in [4.69, 9.17) is 9.47 Å². The number of nitrogens with zero attached hydrogens (tertiary/aromatic N) is 4. The Hall–Kier alpha value is -1.01. The quantitative estimate of drug-likeness (QED) is 0.728. The molecule has 1 aliphatic rings. The predicted octanol–water partition coefficient (Wildman–Crippen LogP) is 0.525. The Morgan fingerprint density at radius 1 is 1.53 bits per heavy atom. The zero-order chi connectivity index (χ0) is 10.5. The Kier molecular flexibility index (Phi) is 3.63. The molecule has 84 valence electrons. The Morgan fingerprint density at radius 2 is 2.47 bits per heavy atom.